The first-order valence-corrected chi connectivity index (χ1v) is 27.2. The molecule has 4 aliphatic heterocycles. The van der Waals surface area contributed by atoms with E-state index in [9.17, 15) is 0 Å². The van der Waals surface area contributed by atoms with Gasteiger partial charge in [-0.25, -0.2) is 0 Å². The average molecular weight is 890 g/mol. The minimum absolute atomic E-state index is 0.0216. The molecule has 0 bridgehead atoms. The molecule has 3 nitrogen and oxygen atoms in total. The van der Waals surface area contributed by atoms with Crippen molar-refractivity contribution in [2.45, 2.75) is 57.0 Å². The summed E-state index contributed by atoms with van der Waals surface area (Å²) in [6, 6.07) is 80.9. The van der Waals surface area contributed by atoms with Crippen molar-refractivity contribution in [2.24, 2.45) is 0 Å². The fraction of sp³-hybridized carbons (Fsp3) is 0.143. The maximum Gasteiger partial charge on any atom is 0.251 e. The van der Waals surface area contributed by atoms with E-state index in [1.54, 1.807) is 0 Å². The van der Waals surface area contributed by atoms with Gasteiger partial charge in [0.15, 0.2) is 0 Å². The molecular weight excluding hydrogens is 838 g/mol. The summed E-state index contributed by atoms with van der Waals surface area (Å²) in [7, 11) is -2.57. The Hall–Kier alpha value is -7.34. The maximum absolute atomic E-state index is 2.78. The molecule has 9 aromatic rings. The van der Waals surface area contributed by atoms with Gasteiger partial charge in [0.1, 0.15) is 8.07 Å². The molecule has 4 heterocycles. The molecule has 326 valence electrons. The maximum atomic E-state index is 2.78. The number of benzene rings is 9. The van der Waals surface area contributed by atoms with Crippen LogP contribution in [-0.2, 0) is 5.41 Å². The molecule has 9 aromatic carbocycles. The van der Waals surface area contributed by atoms with Crippen LogP contribution in [0.1, 0.15) is 45.1 Å². The molecule has 0 saturated heterocycles. The average Bonchev–Trinajstić information content (AvgIpc) is 3.61. The highest BCUT2D eigenvalue weighted by molar-refractivity contribution is 7.21. The van der Waals surface area contributed by atoms with E-state index >= 15 is 0 Å². The lowest BCUT2D eigenvalue weighted by molar-refractivity contribution is 0.195. The van der Waals surface area contributed by atoms with Gasteiger partial charge in [0.25, 0.3) is 6.71 Å². The zero-order valence-corrected chi connectivity index (χ0v) is 40.0. The highest BCUT2D eigenvalue weighted by atomic mass is 28.3. The molecule has 2 atom stereocenters. The van der Waals surface area contributed by atoms with Crippen LogP contribution in [0.4, 0.5) is 45.5 Å². The zero-order valence-electron chi connectivity index (χ0n) is 39.0. The van der Waals surface area contributed by atoms with E-state index in [1.807, 2.05) is 0 Å². The first-order valence-electron chi connectivity index (χ1n) is 24.7. The van der Waals surface area contributed by atoms with Gasteiger partial charge in [0.2, 0.25) is 0 Å². The van der Waals surface area contributed by atoms with Crippen molar-refractivity contribution in [3.05, 3.63) is 218 Å². The fourth-order valence-corrected chi connectivity index (χ4v) is 18.1. The molecule has 0 spiro atoms. The number of para-hydroxylation sites is 1. The van der Waals surface area contributed by atoms with Crippen LogP contribution < -0.4 is 46.6 Å². The van der Waals surface area contributed by atoms with Gasteiger partial charge in [0.05, 0.1) is 5.54 Å². The molecule has 5 heteroatoms. The van der Waals surface area contributed by atoms with E-state index in [1.165, 1.54) is 125 Å². The van der Waals surface area contributed by atoms with Crippen molar-refractivity contribution in [1.82, 2.24) is 0 Å². The Bertz CT molecular complexity index is 3300. The lowest BCUT2D eigenvalue weighted by Gasteiger charge is -2.52. The second kappa shape index (κ2) is 14.6. The van der Waals surface area contributed by atoms with E-state index in [4.69, 9.17) is 0 Å². The number of hydrogen-bond donors (Lipinski definition) is 0. The molecule has 1 aliphatic carbocycles. The van der Waals surface area contributed by atoms with Crippen LogP contribution in [0.15, 0.2) is 212 Å². The van der Waals surface area contributed by atoms with Crippen molar-refractivity contribution < 1.29 is 0 Å². The predicted octanol–water partition coefficient (Wildman–Crippen LogP) is 12.3. The molecule has 0 amide bonds. The van der Waals surface area contributed by atoms with Gasteiger partial charge in [-0.2, -0.15) is 0 Å². The van der Waals surface area contributed by atoms with Gasteiger partial charge in [-0.1, -0.05) is 194 Å². The van der Waals surface area contributed by atoms with E-state index in [2.05, 4.69) is 247 Å². The number of rotatable bonds is 6. The SMILES string of the molecule is CC12CCCCC1(C)N(c1cc3c4c(c1)N(c1ccc(-c5ccccc5)cc1)c1cccc5c1B4c1c(cccc1[Si]5(C)c1ccccc1)N3c1ccc(-c3ccccc3)cc1)c1ccccc12. The molecule has 1 fully saturated rings. The van der Waals surface area contributed by atoms with Crippen LogP contribution in [0.5, 0.6) is 0 Å². The molecule has 1 saturated carbocycles. The number of nitrogens with zero attached hydrogens (tertiary/aromatic N) is 3. The first-order chi connectivity index (χ1) is 33.4. The molecule has 0 N–H and O–H groups in total. The van der Waals surface area contributed by atoms with E-state index < -0.39 is 8.07 Å². The minimum Gasteiger partial charge on any atom is -0.334 e. The Kier molecular flexibility index (Phi) is 8.53. The summed E-state index contributed by atoms with van der Waals surface area (Å²) in [5.41, 5.74) is 20.7. The Morgan fingerprint density at radius 1 is 0.412 bits per heavy atom. The predicted molar refractivity (Wildman–Crippen MR) is 291 cm³/mol. The number of hydrogen-bond acceptors (Lipinski definition) is 3. The lowest BCUT2D eigenvalue weighted by atomic mass is 9.33. The Morgan fingerprint density at radius 3 is 1.41 bits per heavy atom. The quantitative estimate of drug-likeness (QED) is 0.154. The van der Waals surface area contributed by atoms with Gasteiger partial charge in [-0.05, 0) is 124 Å². The summed E-state index contributed by atoms with van der Waals surface area (Å²) in [6.45, 7) is 7.80. The molecular formula is C63H52BN3Si. The third kappa shape index (κ3) is 5.31. The Morgan fingerprint density at radius 2 is 0.868 bits per heavy atom. The molecule has 14 rings (SSSR count). The third-order valence-electron chi connectivity index (χ3n) is 17.3. The van der Waals surface area contributed by atoms with Crippen molar-refractivity contribution in [1.29, 1.82) is 0 Å². The van der Waals surface area contributed by atoms with E-state index in [0.29, 0.717) is 0 Å². The number of anilines is 8. The van der Waals surface area contributed by atoms with Crippen molar-refractivity contribution in [3.8, 4) is 22.3 Å². The largest absolute Gasteiger partial charge is 0.334 e. The summed E-state index contributed by atoms with van der Waals surface area (Å²) in [5.74, 6) is 0. The summed E-state index contributed by atoms with van der Waals surface area (Å²) in [4.78, 5) is 8.07. The minimum atomic E-state index is -2.57. The standard InChI is InChI=1S/C63H52BN3Si/c1-62-39-15-16-40-63(62,2)67(52-26-14-13-25-51(52)62)49-41-55-59-56(42-49)66(48-37-33-46(34-38-48)44-21-9-5-10-22-44)54-28-18-30-58-61(54)64(59)60-53(27-17-29-57(60)68(58,3)50-23-11-6-12-24-50)65(55)47-35-31-45(32-36-47)43-19-7-4-8-20-43/h4-14,17-38,41-42H,15-16,39-40H2,1-3H3. The van der Waals surface area contributed by atoms with Crippen LogP contribution in [0, 0.1) is 0 Å². The second-order valence-corrected chi connectivity index (χ2v) is 24.4. The molecule has 0 aromatic heterocycles. The van der Waals surface area contributed by atoms with Gasteiger partial charge in [0, 0.05) is 50.9 Å². The monoisotopic (exact) mass is 889 g/mol. The van der Waals surface area contributed by atoms with Gasteiger partial charge in [-0.15, -0.1) is 0 Å². The summed E-state index contributed by atoms with van der Waals surface area (Å²) in [5, 5.41) is 4.48. The number of fused-ring (bicyclic) bond motifs is 3. The van der Waals surface area contributed by atoms with Crippen molar-refractivity contribution in [3.63, 3.8) is 0 Å². The van der Waals surface area contributed by atoms with Gasteiger partial charge < -0.3 is 14.7 Å². The van der Waals surface area contributed by atoms with Crippen LogP contribution in [0.2, 0.25) is 6.55 Å². The van der Waals surface area contributed by atoms with Crippen LogP contribution in [0.3, 0.4) is 0 Å². The summed E-state index contributed by atoms with van der Waals surface area (Å²) in [6.07, 6.45) is 4.82. The molecule has 0 radical (unpaired) electrons. The second-order valence-electron chi connectivity index (χ2n) is 20.5. The first kappa shape index (κ1) is 39.8. The smallest absolute Gasteiger partial charge is 0.251 e. The van der Waals surface area contributed by atoms with Crippen molar-refractivity contribution >= 4 is 92.2 Å². The van der Waals surface area contributed by atoms with E-state index in [-0.39, 0.29) is 17.7 Å². The summed E-state index contributed by atoms with van der Waals surface area (Å²) >= 11 is 0. The fourth-order valence-electron chi connectivity index (χ4n) is 13.8. The molecule has 68 heavy (non-hydrogen) atoms. The lowest BCUT2D eigenvalue weighted by Crippen LogP contribution is -2.83. The third-order valence-corrected chi connectivity index (χ3v) is 21.8. The molecule has 2 unspecified atom stereocenters. The zero-order chi connectivity index (χ0) is 45.4. The molecule has 5 aliphatic rings. The normalized spacial score (nSPS) is 19.9. The van der Waals surface area contributed by atoms with E-state index in [0.717, 1.165) is 6.42 Å². The summed E-state index contributed by atoms with van der Waals surface area (Å²) < 4.78 is 0. The van der Waals surface area contributed by atoms with Gasteiger partial charge >= 0.3 is 0 Å². The topological polar surface area (TPSA) is 9.72 Å². The van der Waals surface area contributed by atoms with Crippen LogP contribution >= 0.6 is 0 Å². The Balaban J connectivity index is 1.09. The Labute approximate surface area is 402 Å². The highest BCUT2D eigenvalue weighted by Crippen LogP contribution is 2.61. The highest BCUT2D eigenvalue weighted by Gasteiger charge is 2.59. The van der Waals surface area contributed by atoms with Crippen molar-refractivity contribution in [2.75, 3.05) is 14.7 Å². The van der Waals surface area contributed by atoms with Crippen LogP contribution in [-0.4, -0.2) is 20.3 Å². The van der Waals surface area contributed by atoms with Crippen LogP contribution in [0.25, 0.3) is 22.3 Å². The van der Waals surface area contributed by atoms with Gasteiger partial charge in [-0.3, -0.25) is 0 Å².